The van der Waals surface area contributed by atoms with Gasteiger partial charge in [0.25, 0.3) is 0 Å². The van der Waals surface area contributed by atoms with Crippen LogP contribution in [0.4, 0.5) is 0 Å². The van der Waals surface area contributed by atoms with Crippen molar-refractivity contribution in [2.75, 3.05) is 52.4 Å². The van der Waals surface area contributed by atoms with E-state index in [0.717, 1.165) is 31.9 Å². The molecule has 0 unspecified atom stereocenters. The Labute approximate surface area is 155 Å². The molecule has 1 heterocycles. The maximum Gasteiger partial charge on any atom is 0.234 e. The normalized spacial score (nSPS) is 15.7. The molecule has 0 aliphatic carbocycles. The van der Waals surface area contributed by atoms with E-state index in [9.17, 15) is 9.59 Å². The quantitative estimate of drug-likeness (QED) is 0.619. The zero-order chi connectivity index (χ0) is 18.8. The van der Waals surface area contributed by atoms with Crippen LogP contribution in [0.1, 0.15) is 13.8 Å². The molecule has 1 saturated heterocycles. The number of nitrogens with one attached hydrogen (secondary N) is 2. The number of nitrogens with zero attached hydrogens (tertiary/aromatic N) is 2. The number of amides is 2. The monoisotopic (exact) mass is 362 g/mol. The van der Waals surface area contributed by atoms with Crippen LogP contribution >= 0.6 is 0 Å². The van der Waals surface area contributed by atoms with Crippen molar-refractivity contribution >= 4 is 11.8 Å². The second kappa shape index (κ2) is 10.8. The van der Waals surface area contributed by atoms with Crippen LogP contribution in [0.2, 0.25) is 0 Å². The number of para-hydroxylation sites is 1. The van der Waals surface area contributed by atoms with Gasteiger partial charge in [0, 0.05) is 32.2 Å². The summed E-state index contributed by atoms with van der Waals surface area (Å²) >= 11 is 0. The molecule has 0 atom stereocenters. The third-order valence-electron chi connectivity index (χ3n) is 4.09. The van der Waals surface area contributed by atoms with Crippen LogP contribution in [0.5, 0.6) is 5.75 Å². The number of carbonyl (C=O) groups excluding carboxylic acids is 2. The average Bonchev–Trinajstić information content (AvgIpc) is 2.61. The van der Waals surface area contributed by atoms with Gasteiger partial charge in [-0.2, -0.15) is 0 Å². The van der Waals surface area contributed by atoms with Gasteiger partial charge in [0.05, 0.1) is 19.6 Å². The van der Waals surface area contributed by atoms with Gasteiger partial charge >= 0.3 is 0 Å². The molecular formula is C19H30N4O3. The fourth-order valence-electron chi connectivity index (χ4n) is 2.81. The van der Waals surface area contributed by atoms with Crippen molar-refractivity contribution < 1.29 is 14.3 Å². The molecule has 0 radical (unpaired) electrons. The van der Waals surface area contributed by atoms with Gasteiger partial charge in [-0.3, -0.25) is 19.4 Å². The fraction of sp³-hybridized carbons (Fsp3) is 0.579. The molecule has 2 N–H and O–H groups in total. The molecule has 144 valence electrons. The number of piperazine rings is 1. The first-order valence-corrected chi connectivity index (χ1v) is 9.21. The summed E-state index contributed by atoms with van der Waals surface area (Å²) in [6.07, 6.45) is 0. The Hall–Kier alpha value is -2.12. The molecule has 7 heteroatoms. The van der Waals surface area contributed by atoms with Gasteiger partial charge in [-0.05, 0) is 26.0 Å². The molecule has 1 aliphatic heterocycles. The van der Waals surface area contributed by atoms with Gasteiger partial charge in [0.2, 0.25) is 11.8 Å². The van der Waals surface area contributed by atoms with Crippen LogP contribution in [-0.2, 0) is 9.59 Å². The molecule has 1 aromatic rings. The summed E-state index contributed by atoms with van der Waals surface area (Å²) < 4.78 is 5.55. The number of rotatable bonds is 9. The lowest BCUT2D eigenvalue weighted by Gasteiger charge is -2.33. The molecule has 0 saturated carbocycles. The van der Waals surface area contributed by atoms with Crippen molar-refractivity contribution in [2.45, 2.75) is 19.9 Å². The van der Waals surface area contributed by atoms with Crippen LogP contribution < -0.4 is 15.4 Å². The van der Waals surface area contributed by atoms with Crippen molar-refractivity contribution in [3.8, 4) is 5.75 Å². The molecule has 2 amide bonds. The Bertz CT molecular complexity index is 557. The zero-order valence-corrected chi connectivity index (χ0v) is 15.7. The lowest BCUT2D eigenvalue weighted by Crippen LogP contribution is -2.52. The molecule has 7 nitrogen and oxygen atoms in total. The number of ether oxygens (including phenoxy) is 1. The maximum atomic E-state index is 12.0. The van der Waals surface area contributed by atoms with E-state index in [4.69, 9.17) is 4.74 Å². The lowest BCUT2D eigenvalue weighted by molar-refractivity contribution is -0.125. The lowest BCUT2D eigenvalue weighted by atomic mass is 10.3. The van der Waals surface area contributed by atoms with E-state index < -0.39 is 0 Å². The number of benzene rings is 1. The molecule has 0 aromatic heterocycles. The first-order valence-electron chi connectivity index (χ1n) is 9.21. The fourth-order valence-corrected chi connectivity index (χ4v) is 2.81. The first kappa shape index (κ1) is 20.2. The maximum absolute atomic E-state index is 12.0. The molecule has 0 spiro atoms. The molecule has 2 rings (SSSR count). The van der Waals surface area contributed by atoms with E-state index in [2.05, 4.69) is 20.4 Å². The van der Waals surface area contributed by atoms with E-state index in [1.807, 2.05) is 44.2 Å². The number of carbonyl (C=O) groups is 2. The van der Waals surface area contributed by atoms with Gasteiger partial charge in [-0.1, -0.05) is 18.2 Å². The summed E-state index contributed by atoms with van der Waals surface area (Å²) in [5, 5.41) is 5.79. The Morgan fingerprint density at radius 3 is 2.15 bits per heavy atom. The van der Waals surface area contributed by atoms with Gasteiger partial charge in [-0.25, -0.2) is 0 Å². The third kappa shape index (κ3) is 7.84. The van der Waals surface area contributed by atoms with Gasteiger partial charge < -0.3 is 15.4 Å². The zero-order valence-electron chi connectivity index (χ0n) is 15.7. The highest BCUT2D eigenvalue weighted by atomic mass is 16.5. The minimum atomic E-state index is 0.00709. The van der Waals surface area contributed by atoms with Crippen molar-refractivity contribution in [3.05, 3.63) is 30.3 Å². The van der Waals surface area contributed by atoms with Crippen LogP contribution in [0.25, 0.3) is 0 Å². The summed E-state index contributed by atoms with van der Waals surface area (Å²) in [4.78, 5) is 28.0. The first-order chi connectivity index (χ1) is 12.5. The Morgan fingerprint density at radius 1 is 1.00 bits per heavy atom. The number of hydrogen-bond acceptors (Lipinski definition) is 5. The molecular weight excluding hydrogens is 332 g/mol. The van der Waals surface area contributed by atoms with Gasteiger partial charge in [0.15, 0.2) is 0 Å². The van der Waals surface area contributed by atoms with Crippen LogP contribution in [0.15, 0.2) is 30.3 Å². The van der Waals surface area contributed by atoms with E-state index in [1.54, 1.807) is 0 Å². The van der Waals surface area contributed by atoms with Crippen LogP contribution in [0.3, 0.4) is 0 Å². The molecule has 1 aliphatic rings. The Kier molecular flexibility index (Phi) is 8.37. The minimum absolute atomic E-state index is 0.00709. The van der Waals surface area contributed by atoms with Gasteiger partial charge in [0.1, 0.15) is 12.4 Å². The summed E-state index contributed by atoms with van der Waals surface area (Å²) in [5.41, 5.74) is 0. The molecule has 26 heavy (non-hydrogen) atoms. The smallest absolute Gasteiger partial charge is 0.234 e. The minimum Gasteiger partial charge on any atom is -0.492 e. The van der Waals surface area contributed by atoms with Crippen molar-refractivity contribution in [1.82, 2.24) is 20.4 Å². The predicted octanol–water partition coefficient (Wildman–Crippen LogP) is 0.324. The topological polar surface area (TPSA) is 73.9 Å². The van der Waals surface area contributed by atoms with E-state index >= 15 is 0 Å². The standard InChI is InChI=1S/C19H30N4O3/c1-16(2)21-19(25)15-23-11-9-22(10-12-23)14-18(24)20-8-13-26-17-6-4-3-5-7-17/h3-7,16H,8-15H2,1-2H3,(H,20,24)(H,21,25). The SMILES string of the molecule is CC(C)NC(=O)CN1CCN(CC(=O)NCCOc2ccccc2)CC1. The molecule has 1 fully saturated rings. The highest BCUT2D eigenvalue weighted by molar-refractivity contribution is 5.78. The van der Waals surface area contributed by atoms with Crippen molar-refractivity contribution in [1.29, 1.82) is 0 Å². The van der Waals surface area contributed by atoms with Crippen molar-refractivity contribution in [3.63, 3.8) is 0 Å². The third-order valence-corrected chi connectivity index (χ3v) is 4.09. The van der Waals surface area contributed by atoms with Crippen molar-refractivity contribution in [2.24, 2.45) is 0 Å². The predicted molar refractivity (Wildman–Crippen MR) is 101 cm³/mol. The summed E-state index contributed by atoms with van der Waals surface area (Å²) in [5.74, 6) is 0.872. The Balaban J connectivity index is 1.55. The highest BCUT2D eigenvalue weighted by Crippen LogP contribution is 2.07. The highest BCUT2D eigenvalue weighted by Gasteiger charge is 2.20. The largest absolute Gasteiger partial charge is 0.492 e. The van der Waals surface area contributed by atoms with E-state index in [0.29, 0.717) is 26.2 Å². The van der Waals surface area contributed by atoms with Crippen LogP contribution in [-0.4, -0.2) is 80.1 Å². The summed E-state index contributed by atoms with van der Waals surface area (Å²) in [6, 6.07) is 9.72. The molecule has 0 bridgehead atoms. The number of hydrogen-bond donors (Lipinski definition) is 2. The summed E-state index contributed by atoms with van der Waals surface area (Å²) in [6.45, 7) is 8.86. The average molecular weight is 362 g/mol. The second-order valence-electron chi connectivity index (χ2n) is 6.79. The van der Waals surface area contributed by atoms with E-state index in [-0.39, 0.29) is 17.9 Å². The van der Waals surface area contributed by atoms with E-state index in [1.165, 1.54) is 0 Å². The Morgan fingerprint density at radius 2 is 1.58 bits per heavy atom. The second-order valence-corrected chi connectivity index (χ2v) is 6.79. The van der Waals surface area contributed by atoms with Gasteiger partial charge in [-0.15, -0.1) is 0 Å². The van der Waals surface area contributed by atoms with Crippen LogP contribution in [0, 0.1) is 0 Å². The molecule has 1 aromatic carbocycles. The summed E-state index contributed by atoms with van der Waals surface area (Å²) in [7, 11) is 0.